The maximum atomic E-state index is 13.2. The van der Waals surface area contributed by atoms with Crippen molar-refractivity contribution in [2.24, 2.45) is 5.73 Å². The van der Waals surface area contributed by atoms with E-state index in [1.807, 2.05) is 6.33 Å². The van der Waals surface area contributed by atoms with Gasteiger partial charge in [0.1, 0.15) is 5.82 Å². The van der Waals surface area contributed by atoms with Gasteiger partial charge in [0.25, 0.3) is 0 Å². The summed E-state index contributed by atoms with van der Waals surface area (Å²) in [5.74, 6) is 1.07. The zero-order chi connectivity index (χ0) is 26.8. The van der Waals surface area contributed by atoms with Crippen LogP contribution in [0.3, 0.4) is 0 Å². The summed E-state index contributed by atoms with van der Waals surface area (Å²) in [5, 5.41) is 10.1. The Hall–Kier alpha value is -2.89. The van der Waals surface area contributed by atoms with Gasteiger partial charge in [0.2, 0.25) is 5.95 Å². The van der Waals surface area contributed by atoms with Gasteiger partial charge in [0.15, 0.2) is 17.0 Å². The number of nitrogens with zero attached hydrogens (tertiary/aromatic N) is 5. The number of carbonyl (C=O) groups is 1. The highest BCUT2D eigenvalue weighted by Crippen LogP contribution is 2.34. The van der Waals surface area contributed by atoms with Gasteiger partial charge in [-0.05, 0) is 75.6 Å². The van der Waals surface area contributed by atoms with Gasteiger partial charge >= 0.3 is 6.03 Å². The lowest BCUT2D eigenvalue weighted by Crippen LogP contribution is -2.44. The number of halogens is 3. The van der Waals surface area contributed by atoms with E-state index in [1.165, 1.54) is 25.0 Å². The van der Waals surface area contributed by atoms with Crippen molar-refractivity contribution < 1.29 is 9.18 Å². The molecule has 0 spiro atoms. The van der Waals surface area contributed by atoms with Crippen LogP contribution in [0, 0.1) is 5.82 Å². The van der Waals surface area contributed by atoms with Gasteiger partial charge in [-0.2, -0.15) is 9.97 Å². The van der Waals surface area contributed by atoms with E-state index in [1.54, 1.807) is 17.0 Å². The van der Waals surface area contributed by atoms with Crippen LogP contribution in [0.1, 0.15) is 70.3 Å². The van der Waals surface area contributed by atoms with Crippen LogP contribution in [0.15, 0.2) is 30.6 Å². The van der Waals surface area contributed by atoms with Crippen LogP contribution in [0.4, 0.5) is 26.6 Å². The molecule has 1 aromatic carbocycles. The van der Waals surface area contributed by atoms with E-state index in [0.29, 0.717) is 36.8 Å². The second kappa shape index (κ2) is 13.8. The van der Waals surface area contributed by atoms with Gasteiger partial charge in [0, 0.05) is 42.9 Å². The van der Waals surface area contributed by atoms with Crippen molar-refractivity contribution in [3.8, 4) is 0 Å². The molecule has 2 aliphatic carbocycles. The van der Waals surface area contributed by atoms with Crippen LogP contribution >= 0.6 is 24.8 Å². The maximum Gasteiger partial charge on any atom is 0.321 e. The summed E-state index contributed by atoms with van der Waals surface area (Å²) in [7, 11) is 0. The molecule has 1 saturated heterocycles. The fourth-order valence-corrected chi connectivity index (χ4v) is 6.13. The monoisotopic (exact) mass is 607 g/mol. The van der Waals surface area contributed by atoms with Crippen molar-refractivity contribution >= 4 is 59.5 Å². The molecule has 3 heterocycles. The molecule has 2 aromatic heterocycles. The summed E-state index contributed by atoms with van der Waals surface area (Å²) < 4.78 is 15.4. The Bertz CT molecular complexity index is 1290. The number of aromatic nitrogens is 4. The summed E-state index contributed by atoms with van der Waals surface area (Å²) in [6, 6.07) is 6.86. The number of rotatable bonds is 6. The van der Waals surface area contributed by atoms with E-state index in [-0.39, 0.29) is 48.7 Å². The molecule has 224 valence electrons. The number of hydrogen-bond acceptors (Lipinski definition) is 7. The number of likely N-dealkylation sites (tertiary alicyclic amines) is 1. The van der Waals surface area contributed by atoms with Crippen molar-refractivity contribution in [2.45, 2.75) is 88.4 Å². The molecule has 6 rings (SSSR count). The minimum absolute atomic E-state index is 0. The molecule has 13 heteroatoms. The van der Waals surface area contributed by atoms with E-state index in [2.05, 4.69) is 20.5 Å². The van der Waals surface area contributed by atoms with Gasteiger partial charge in [0.05, 0.1) is 6.33 Å². The number of imidazole rings is 1. The zero-order valence-electron chi connectivity index (χ0n) is 23.1. The smallest absolute Gasteiger partial charge is 0.321 e. The van der Waals surface area contributed by atoms with E-state index >= 15 is 0 Å². The fraction of sp³-hybridized carbons (Fsp3) is 0.571. The first-order valence-corrected chi connectivity index (χ1v) is 14.4. The quantitative estimate of drug-likeness (QED) is 0.282. The molecular formula is C28H40Cl2FN9O. The van der Waals surface area contributed by atoms with Crippen molar-refractivity contribution in [2.75, 3.05) is 29.0 Å². The number of fused-ring (bicyclic) bond motifs is 1. The van der Waals surface area contributed by atoms with Gasteiger partial charge in [-0.3, -0.25) is 0 Å². The van der Waals surface area contributed by atoms with Crippen LogP contribution in [0.5, 0.6) is 0 Å². The molecule has 41 heavy (non-hydrogen) atoms. The van der Waals surface area contributed by atoms with Crippen LogP contribution in [0.25, 0.3) is 11.2 Å². The van der Waals surface area contributed by atoms with Crippen molar-refractivity contribution in [1.29, 1.82) is 0 Å². The predicted octanol–water partition coefficient (Wildman–Crippen LogP) is 5.71. The van der Waals surface area contributed by atoms with Crippen LogP contribution in [0.2, 0.25) is 0 Å². The standard InChI is InChI=1S/C28H38FN9O.2ClH/c29-18-5-9-21(10-6-18)34-28(39)37-15-13-22(14-16-37)32-25-24-26(38(17-31-24)23-3-1-2-4-23)36-27(35-25)33-20-11-7-19(30)8-12-20;;/h5-6,9-10,17,19-20,22-23H,1-4,7-8,11-16,30H2,(H,34,39)(H2,32,33,35,36);2*1H. The second-order valence-electron chi connectivity index (χ2n) is 11.3. The topological polar surface area (TPSA) is 126 Å². The number of nitrogens with one attached hydrogen (secondary N) is 3. The Morgan fingerprint density at radius 1 is 0.878 bits per heavy atom. The second-order valence-corrected chi connectivity index (χ2v) is 11.3. The number of hydrogen-bond donors (Lipinski definition) is 4. The highest BCUT2D eigenvalue weighted by Gasteiger charge is 2.27. The molecule has 3 fully saturated rings. The minimum Gasteiger partial charge on any atom is -0.365 e. The van der Waals surface area contributed by atoms with Crippen LogP contribution in [-0.2, 0) is 0 Å². The number of anilines is 3. The Morgan fingerprint density at radius 3 is 2.22 bits per heavy atom. The van der Waals surface area contributed by atoms with Crippen molar-refractivity contribution in [3.05, 3.63) is 36.4 Å². The highest BCUT2D eigenvalue weighted by molar-refractivity contribution is 5.89. The van der Waals surface area contributed by atoms with Gasteiger partial charge < -0.3 is 31.2 Å². The zero-order valence-corrected chi connectivity index (χ0v) is 24.7. The number of piperidine rings is 1. The largest absolute Gasteiger partial charge is 0.365 e. The summed E-state index contributed by atoms with van der Waals surface area (Å²) in [5.41, 5.74) is 8.38. The molecule has 10 nitrogen and oxygen atoms in total. The Balaban J connectivity index is 0.00000194. The molecule has 0 unspecified atom stereocenters. The van der Waals surface area contributed by atoms with Crippen molar-refractivity contribution in [3.63, 3.8) is 0 Å². The maximum absolute atomic E-state index is 13.2. The molecule has 3 aromatic rings. The van der Waals surface area contributed by atoms with E-state index in [0.717, 1.165) is 68.3 Å². The predicted molar refractivity (Wildman–Crippen MR) is 165 cm³/mol. The summed E-state index contributed by atoms with van der Waals surface area (Å²) in [6.45, 7) is 1.23. The Labute approximate surface area is 252 Å². The lowest BCUT2D eigenvalue weighted by atomic mass is 9.92. The number of benzene rings is 1. The lowest BCUT2D eigenvalue weighted by molar-refractivity contribution is 0.197. The van der Waals surface area contributed by atoms with Crippen LogP contribution < -0.4 is 21.7 Å². The average Bonchev–Trinajstić information content (AvgIpc) is 3.62. The van der Waals surface area contributed by atoms with Crippen LogP contribution in [-0.4, -0.2) is 61.7 Å². The van der Waals surface area contributed by atoms with E-state index in [9.17, 15) is 9.18 Å². The van der Waals surface area contributed by atoms with Gasteiger partial charge in [-0.15, -0.1) is 24.8 Å². The third kappa shape index (κ3) is 7.31. The SMILES string of the molecule is Cl.Cl.NC1CCC(Nc2nc(NC3CCN(C(=O)Nc4ccc(F)cc4)CC3)c3ncn(C4CCCC4)c3n2)CC1. The molecule has 0 radical (unpaired) electrons. The third-order valence-electron chi connectivity index (χ3n) is 8.46. The number of urea groups is 1. The first-order valence-electron chi connectivity index (χ1n) is 14.4. The normalized spacial score (nSPS) is 21.7. The van der Waals surface area contributed by atoms with Gasteiger partial charge in [-0.1, -0.05) is 12.8 Å². The molecule has 1 aliphatic heterocycles. The molecule has 3 aliphatic rings. The number of amides is 2. The number of carbonyl (C=O) groups excluding carboxylic acids is 1. The average molecular weight is 609 g/mol. The molecule has 0 atom stereocenters. The first-order chi connectivity index (χ1) is 19.0. The molecule has 0 bridgehead atoms. The summed E-state index contributed by atoms with van der Waals surface area (Å²) in [4.78, 5) is 29.1. The Morgan fingerprint density at radius 2 is 1.54 bits per heavy atom. The summed E-state index contributed by atoms with van der Waals surface area (Å²) in [6.07, 6.45) is 12.3. The van der Waals surface area contributed by atoms with E-state index < -0.39 is 0 Å². The Kier molecular flexibility index (Phi) is 10.5. The summed E-state index contributed by atoms with van der Waals surface area (Å²) >= 11 is 0. The van der Waals surface area contributed by atoms with Gasteiger partial charge in [-0.25, -0.2) is 14.2 Å². The lowest BCUT2D eigenvalue weighted by Gasteiger charge is -2.32. The molecule has 2 saturated carbocycles. The minimum atomic E-state index is -0.326. The molecular weight excluding hydrogens is 568 g/mol. The number of nitrogens with two attached hydrogens (primary N) is 1. The first kappa shape index (κ1) is 31.1. The van der Waals surface area contributed by atoms with E-state index in [4.69, 9.17) is 20.7 Å². The highest BCUT2D eigenvalue weighted by atomic mass is 35.5. The molecule has 5 N–H and O–H groups in total. The third-order valence-corrected chi connectivity index (χ3v) is 8.46. The fourth-order valence-electron chi connectivity index (χ4n) is 6.13. The molecule has 2 amide bonds. The van der Waals surface area contributed by atoms with Crippen molar-refractivity contribution in [1.82, 2.24) is 24.4 Å².